The fourth-order valence-electron chi connectivity index (χ4n) is 7.13. The first-order valence-corrected chi connectivity index (χ1v) is 16.1. The van der Waals surface area contributed by atoms with Crippen molar-refractivity contribution in [2.45, 2.75) is 44.6 Å². The number of benzene rings is 1. The molecular formula is C34H39ClN8O2. The van der Waals surface area contributed by atoms with Crippen LogP contribution in [0.5, 0.6) is 5.75 Å². The highest BCUT2D eigenvalue weighted by Crippen LogP contribution is 2.39. The van der Waals surface area contributed by atoms with Crippen LogP contribution in [0.3, 0.4) is 0 Å². The molecular weight excluding hydrogens is 588 g/mol. The third kappa shape index (κ3) is 5.55. The number of methoxy groups -OCH3 is 1. The second kappa shape index (κ2) is 12.1. The second-order valence-corrected chi connectivity index (χ2v) is 12.9. The Morgan fingerprint density at radius 2 is 1.80 bits per heavy atom. The van der Waals surface area contributed by atoms with Crippen LogP contribution >= 0.6 is 11.6 Å². The molecule has 1 amide bonds. The molecule has 1 aromatic carbocycles. The van der Waals surface area contributed by atoms with Crippen LogP contribution in [-0.2, 0) is 7.05 Å². The van der Waals surface area contributed by atoms with Gasteiger partial charge < -0.3 is 19.5 Å². The molecule has 2 aliphatic rings. The van der Waals surface area contributed by atoms with Gasteiger partial charge >= 0.3 is 0 Å². The summed E-state index contributed by atoms with van der Waals surface area (Å²) in [5.74, 6) is 1.78. The van der Waals surface area contributed by atoms with Crippen molar-refractivity contribution in [2.24, 2.45) is 7.05 Å². The van der Waals surface area contributed by atoms with Crippen molar-refractivity contribution < 1.29 is 9.53 Å². The van der Waals surface area contributed by atoms with Gasteiger partial charge in [0.05, 0.1) is 34.7 Å². The van der Waals surface area contributed by atoms with E-state index in [1.54, 1.807) is 30.0 Å². The van der Waals surface area contributed by atoms with Crippen molar-refractivity contribution >= 4 is 39.7 Å². The first-order valence-electron chi connectivity index (χ1n) is 15.7. The zero-order chi connectivity index (χ0) is 31.2. The van der Waals surface area contributed by atoms with Crippen LogP contribution in [0.15, 0.2) is 48.9 Å². The lowest BCUT2D eigenvalue weighted by Gasteiger charge is -2.41. The Balaban J connectivity index is 1.15. The minimum Gasteiger partial charge on any atom is -0.495 e. The number of nitrogens with one attached hydrogen (secondary N) is 1. The summed E-state index contributed by atoms with van der Waals surface area (Å²) in [4.78, 5) is 32.8. The van der Waals surface area contributed by atoms with E-state index in [0.717, 1.165) is 59.6 Å². The van der Waals surface area contributed by atoms with Gasteiger partial charge in [0.1, 0.15) is 22.9 Å². The first kappa shape index (κ1) is 29.7. The number of nitrogens with zero attached hydrogens (tertiary/aromatic N) is 7. The van der Waals surface area contributed by atoms with Gasteiger partial charge in [-0.25, -0.2) is 9.97 Å². The van der Waals surface area contributed by atoms with Crippen molar-refractivity contribution in [1.29, 1.82) is 0 Å². The summed E-state index contributed by atoms with van der Waals surface area (Å²) in [6, 6.07) is 10.1. The Kier molecular flexibility index (Phi) is 7.97. The number of aromatic nitrogens is 5. The normalized spacial score (nSPS) is 19.8. The summed E-state index contributed by atoms with van der Waals surface area (Å²) in [5, 5.41) is 4.35. The van der Waals surface area contributed by atoms with Crippen molar-refractivity contribution in [3.05, 3.63) is 71.2 Å². The summed E-state index contributed by atoms with van der Waals surface area (Å²) < 4.78 is 9.78. The summed E-state index contributed by atoms with van der Waals surface area (Å²) >= 11 is 6.12. The standard InChI is InChI=1S/C34H39ClN8O2/c1-21-31-30(39-33(43(31)12-11-36-21)22-5-8-26(9-6-22)42-15-13-40(2)14-16-42)23-7-10-27(29(19-23)45-4)38-34(44)28-18-24-17-25(35)20-37-32(24)41(28)3/h7,10-12,17-20,22,26H,5-6,8-9,13-16H2,1-4H3,(H,38,44). The van der Waals surface area contributed by atoms with Gasteiger partial charge in [-0.3, -0.25) is 19.1 Å². The second-order valence-electron chi connectivity index (χ2n) is 12.4. The number of hydrogen-bond acceptors (Lipinski definition) is 7. The van der Waals surface area contributed by atoms with Crippen molar-refractivity contribution in [2.75, 3.05) is 45.7 Å². The molecule has 5 heterocycles. The van der Waals surface area contributed by atoms with E-state index in [1.165, 1.54) is 25.9 Å². The van der Waals surface area contributed by atoms with Crippen LogP contribution < -0.4 is 10.1 Å². The molecule has 0 radical (unpaired) electrons. The minimum absolute atomic E-state index is 0.264. The Labute approximate surface area is 268 Å². The van der Waals surface area contributed by atoms with Crippen molar-refractivity contribution in [3.63, 3.8) is 0 Å². The number of amides is 1. The molecule has 1 aliphatic heterocycles. The highest BCUT2D eigenvalue weighted by atomic mass is 35.5. The van der Waals surface area contributed by atoms with Gasteiger partial charge in [-0.2, -0.15) is 0 Å². The molecule has 5 aromatic rings. The lowest BCUT2D eigenvalue weighted by molar-refractivity contribution is 0.0872. The van der Waals surface area contributed by atoms with Gasteiger partial charge in [-0.15, -0.1) is 0 Å². The molecule has 10 nitrogen and oxygen atoms in total. The number of anilines is 1. The van der Waals surface area contributed by atoms with E-state index < -0.39 is 0 Å². The molecule has 0 atom stereocenters. The summed E-state index contributed by atoms with van der Waals surface area (Å²) in [6.07, 6.45) is 10.1. The third-order valence-corrected chi connectivity index (χ3v) is 9.88. The number of hydrogen-bond donors (Lipinski definition) is 1. The third-order valence-electron chi connectivity index (χ3n) is 9.67. The topological polar surface area (TPSA) is 92.8 Å². The Hall–Kier alpha value is -3.99. The zero-order valence-corrected chi connectivity index (χ0v) is 27.0. The SMILES string of the molecule is COc1cc(-c2nc(C3CCC(N4CCN(C)CC4)CC3)n3ccnc(C)c23)ccc1NC(=O)c1cc2cc(Cl)cnc2n1C. The Morgan fingerprint density at radius 3 is 2.56 bits per heavy atom. The van der Waals surface area contributed by atoms with Crippen LogP contribution in [0.4, 0.5) is 5.69 Å². The molecule has 2 fully saturated rings. The number of piperazine rings is 1. The van der Waals surface area contributed by atoms with Gasteiger partial charge in [0, 0.05) is 74.7 Å². The maximum Gasteiger partial charge on any atom is 0.272 e. The highest BCUT2D eigenvalue weighted by Gasteiger charge is 2.31. The van der Waals surface area contributed by atoms with Gasteiger partial charge in [-0.1, -0.05) is 17.7 Å². The fourth-order valence-corrected chi connectivity index (χ4v) is 7.30. The van der Waals surface area contributed by atoms with Gasteiger partial charge in [0.2, 0.25) is 0 Å². The number of carbonyl (C=O) groups excluding carboxylic acids is 1. The lowest BCUT2D eigenvalue weighted by atomic mass is 9.84. The number of rotatable bonds is 6. The van der Waals surface area contributed by atoms with Crippen LogP contribution in [0.1, 0.15) is 53.6 Å². The lowest BCUT2D eigenvalue weighted by Crippen LogP contribution is -2.49. The number of ether oxygens (including phenoxy) is 1. The van der Waals surface area contributed by atoms with Gasteiger partial charge in [0.25, 0.3) is 5.91 Å². The average Bonchev–Trinajstić information content (AvgIpc) is 3.60. The van der Waals surface area contributed by atoms with E-state index in [2.05, 4.69) is 36.5 Å². The molecule has 234 valence electrons. The summed E-state index contributed by atoms with van der Waals surface area (Å²) in [7, 11) is 5.64. The molecule has 11 heteroatoms. The fraction of sp³-hybridized carbons (Fsp3) is 0.412. The molecule has 0 bridgehead atoms. The maximum atomic E-state index is 13.4. The molecule has 4 aromatic heterocycles. The predicted octanol–water partition coefficient (Wildman–Crippen LogP) is 5.78. The quantitative estimate of drug-likeness (QED) is 0.255. The summed E-state index contributed by atoms with van der Waals surface area (Å²) in [6.45, 7) is 6.68. The highest BCUT2D eigenvalue weighted by molar-refractivity contribution is 6.31. The number of carbonyl (C=O) groups is 1. The average molecular weight is 627 g/mol. The molecule has 0 spiro atoms. The molecule has 1 N–H and O–H groups in total. The first-order chi connectivity index (χ1) is 21.8. The van der Waals surface area contributed by atoms with Crippen LogP contribution in [-0.4, -0.2) is 86.0 Å². The smallest absolute Gasteiger partial charge is 0.272 e. The van der Waals surface area contributed by atoms with E-state index >= 15 is 0 Å². The number of likely N-dealkylation sites (N-methyl/N-ethyl adjacent to an activating group) is 1. The zero-order valence-electron chi connectivity index (χ0n) is 26.3. The predicted molar refractivity (Wildman–Crippen MR) is 177 cm³/mol. The van der Waals surface area contributed by atoms with Gasteiger partial charge in [0.15, 0.2) is 0 Å². The number of pyridine rings is 1. The molecule has 1 aliphatic carbocycles. The van der Waals surface area contributed by atoms with Crippen LogP contribution in [0, 0.1) is 6.92 Å². The summed E-state index contributed by atoms with van der Waals surface area (Å²) in [5.41, 5.74) is 5.46. The van der Waals surface area contributed by atoms with Gasteiger partial charge in [-0.05, 0) is 63.9 Å². The maximum absolute atomic E-state index is 13.4. The Morgan fingerprint density at radius 1 is 1.02 bits per heavy atom. The molecule has 7 rings (SSSR count). The molecule has 0 unspecified atom stereocenters. The van der Waals surface area contributed by atoms with E-state index in [0.29, 0.717) is 39.8 Å². The molecule has 45 heavy (non-hydrogen) atoms. The van der Waals surface area contributed by atoms with E-state index in [4.69, 9.17) is 21.3 Å². The van der Waals surface area contributed by atoms with Crippen molar-refractivity contribution in [3.8, 4) is 17.0 Å². The van der Waals surface area contributed by atoms with Crippen LogP contribution in [0.25, 0.3) is 27.8 Å². The van der Waals surface area contributed by atoms with E-state index in [9.17, 15) is 4.79 Å². The molecule has 1 saturated heterocycles. The number of halogens is 1. The number of fused-ring (bicyclic) bond motifs is 2. The monoisotopic (exact) mass is 626 g/mol. The van der Waals surface area contributed by atoms with Crippen LogP contribution in [0.2, 0.25) is 5.02 Å². The van der Waals surface area contributed by atoms with E-state index in [1.807, 2.05) is 44.6 Å². The van der Waals surface area contributed by atoms with Crippen molar-refractivity contribution in [1.82, 2.24) is 33.7 Å². The largest absolute Gasteiger partial charge is 0.495 e. The minimum atomic E-state index is -0.264. The number of imidazole rings is 1. The Bertz CT molecular complexity index is 1880. The molecule has 1 saturated carbocycles. The van der Waals surface area contributed by atoms with E-state index in [-0.39, 0.29) is 5.91 Å². The number of aryl methyl sites for hydroxylation is 2.